The molecule has 3 fully saturated rings. The fourth-order valence-electron chi connectivity index (χ4n) is 5.84. The van der Waals surface area contributed by atoms with Crippen molar-refractivity contribution in [3.63, 3.8) is 0 Å². The maximum absolute atomic E-state index is 12.7. The molecule has 0 radical (unpaired) electrons. The molecule has 1 saturated carbocycles. The van der Waals surface area contributed by atoms with E-state index in [4.69, 9.17) is 9.47 Å². The van der Waals surface area contributed by atoms with E-state index in [1.807, 2.05) is 12.2 Å². The van der Waals surface area contributed by atoms with Gasteiger partial charge in [-0.2, -0.15) is 0 Å². The second-order valence-corrected chi connectivity index (χ2v) is 8.39. The molecule has 0 aromatic rings. The number of aliphatic hydroxyl groups is 1. The van der Waals surface area contributed by atoms with Gasteiger partial charge in [0.1, 0.15) is 13.2 Å². The van der Waals surface area contributed by atoms with Gasteiger partial charge in [0, 0.05) is 11.0 Å². The number of ether oxygens (including phenoxy) is 2. The molecule has 0 aromatic carbocycles. The molecule has 1 N–H and O–H groups in total. The zero-order valence-electron chi connectivity index (χ0n) is 14.9. The van der Waals surface area contributed by atoms with Crippen molar-refractivity contribution in [2.45, 2.75) is 52.1 Å². The van der Waals surface area contributed by atoms with Gasteiger partial charge in [-0.25, -0.2) is 4.79 Å². The zero-order chi connectivity index (χ0) is 17.8. The Morgan fingerprint density at radius 3 is 2.84 bits per heavy atom. The lowest BCUT2D eigenvalue weighted by molar-refractivity contribution is -0.151. The van der Waals surface area contributed by atoms with Crippen LogP contribution in [0.5, 0.6) is 0 Å². The Labute approximate surface area is 148 Å². The molecular weight excluding hydrogens is 320 g/mol. The summed E-state index contributed by atoms with van der Waals surface area (Å²) in [5, 5.41) is 10.4. The van der Waals surface area contributed by atoms with Gasteiger partial charge >= 0.3 is 11.9 Å². The van der Waals surface area contributed by atoms with Gasteiger partial charge in [0.15, 0.2) is 0 Å². The molecule has 3 heterocycles. The van der Waals surface area contributed by atoms with Crippen molar-refractivity contribution < 1.29 is 24.2 Å². The lowest BCUT2D eigenvalue weighted by atomic mass is 9.46. The number of esters is 2. The zero-order valence-corrected chi connectivity index (χ0v) is 14.9. The van der Waals surface area contributed by atoms with Crippen LogP contribution in [0.3, 0.4) is 0 Å². The Morgan fingerprint density at radius 2 is 2.12 bits per heavy atom. The third-order valence-electron chi connectivity index (χ3n) is 7.34. The molecule has 5 atom stereocenters. The molecule has 0 aromatic heterocycles. The number of aliphatic hydroxyl groups excluding tert-OH is 1. The molecule has 2 bridgehead atoms. The fraction of sp³-hybridized carbons (Fsp3) is 0.700. The van der Waals surface area contributed by atoms with E-state index in [1.165, 1.54) is 0 Å². The first kappa shape index (κ1) is 16.8. The van der Waals surface area contributed by atoms with Crippen LogP contribution in [-0.4, -0.2) is 36.4 Å². The number of hydrogen-bond donors (Lipinski definition) is 1. The molecule has 25 heavy (non-hydrogen) atoms. The minimum Gasteiger partial charge on any atom is -0.465 e. The first-order chi connectivity index (χ1) is 11.9. The molecule has 5 unspecified atom stereocenters. The lowest BCUT2D eigenvalue weighted by Gasteiger charge is -2.56. The highest BCUT2D eigenvalue weighted by Crippen LogP contribution is 2.64. The maximum Gasteiger partial charge on any atom is 0.334 e. The van der Waals surface area contributed by atoms with E-state index >= 15 is 0 Å². The summed E-state index contributed by atoms with van der Waals surface area (Å²) in [5.41, 5.74) is 1.41. The minimum absolute atomic E-state index is 0.112. The second-order valence-electron chi connectivity index (χ2n) is 8.39. The highest BCUT2D eigenvalue weighted by atomic mass is 16.5. The third kappa shape index (κ3) is 2.39. The summed E-state index contributed by atoms with van der Waals surface area (Å²) in [4.78, 5) is 24.5. The van der Waals surface area contributed by atoms with Crippen molar-refractivity contribution in [3.8, 4) is 0 Å². The van der Waals surface area contributed by atoms with Crippen molar-refractivity contribution in [3.05, 3.63) is 23.3 Å². The van der Waals surface area contributed by atoms with Gasteiger partial charge < -0.3 is 14.6 Å². The van der Waals surface area contributed by atoms with Crippen LogP contribution in [0.25, 0.3) is 0 Å². The summed E-state index contributed by atoms with van der Waals surface area (Å²) in [6.07, 6.45) is 7.07. The van der Waals surface area contributed by atoms with Crippen LogP contribution in [0.2, 0.25) is 0 Å². The summed E-state index contributed by atoms with van der Waals surface area (Å²) in [6, 6.07) is 0. The van der Waals surface area contributed by atoms with Gasteiger partial charge in [-0.15, -0.1) is 0 Å². The van der Waals surface area contributed by atoms with Crippen LogP contribution in [0.1, 0.15) is 46.0 Å². The Morgan fingerprint density at radius 1 is 1.32 bits per heavy atom. The van der Waals surface area contributed by atoms with Gasteiger partial charge in [0.25, 0.3) is 0 Å². The quantitative estimate of drug-likeness (QED) is 0.628. The molecule has 2 aliphatic carbocycles. The molecule has 5 aliphatic rings. The van der Waals surface area contributed by atoms with Crippen LogP contribution >= 0.6 is 0 Å². The number of fused-ring (bicyclic) bond motifs is 3. The van der Waals surface area contributed by atoms with E-state index in [0.29, 0.717) is 31.6 Å². The number of carbonyl (C=O) groups excluding carboxylic acids is 2. The Bertz CT molecular complexity index is 678. The van der Waals surface area contributed by atoms with Crippen molar-refractivity contribution in [2.75, 3.05) is 13.2 Å². The Balaban J connectivity index is 1.70. The number of carbonyl (C=O) groups is 2. The molecule has 1 spiro atoms. The van der Waals surface area contributed by atoms with Crippen molar-refractivity contribution in [2.24, 2.45) is 22.7 Å². The highest BCUT2D eigenvalue weighted by molar-refractivity contribution is 5.90. The van der Waals surface area contributed by atoms with Crippen LogP contribution in [0.15, 0.2) is 23.3 Å². The third-order valence-corrected chi connectivity index (χ3v) is 7.34. The van der Waals surface area contributed by atoms with Crippen molar-refractivity contribution in [1.29, 1.82) is 0 Å². The second kappa shape index (κ2) is 5.70. The summed E-state index contributed by atoms with van der Waals surface area (Å²) in [7, 11) is 0. The van der Waals surface area contributed by atoms with E-state index in [1.54, 1.807) is 0 Å². The van der Waals surface area contributed by atoms with Gasteiger partial charge in [-0.3, -0.25) is 4.79 Å². The van der Waals surface area contributed by atoms with Crippen molar-refractivity contribution in [1.82, 2.24) is 0 Å². The first-order valence-electron chi connectivity index (χ1n) is 9.26. The van der Waals surface area contributed by atoms with E-state index in [-0.39, 0.29) is 34.6 Å². The maximum atomic E-state index is 12.7. The summed E-state index contributed by atoms with van der Waals surface area (Å²) in [6.45, 7) is 4.99. The predicted octanol–water partition coefficient (Wildman–Crippen LogP) is 2.54. The monoisotopic (exact) mass is 346 g/mol. The summed E-state index contributed by atoms with van der Waals surface area (Å²) < 4.78 is 10.7. The minimum atomic E-state index is -0.472. The van der Waals surface area contributed by atoms with Gasteiger partial charge in [-0.1, -0.05) is 18.6 Å². The van der Waals surface area contributed by atoms with Crippen LogP contribution < -0.4 is 0 Å². The van der Waals surface area contributed by atoms with E-state index in [0.717, 1.165) is 24.8 Å². The first-order valence-corrected chi connectivity index (χ1v) is 9.26. The molecule has 5 nitrogen and oxygen atoms in total. The molecule has 3 aliphatic heterocycles. The fourth-order valence-corrected chi connectivity index (χ4v) is 5.84. The van der Waals surface area contributed by atoms with Crippen LogP contribution in [0.4, 0.5) is 0 Å². The highest BCUT2D eigenvalue weighted by Gasteiger charge is 2.62. The average Bonchev–Trinajstić information content (AvgIpc) is 2.85. The number of cyclic esters (lactones) is 1. The SMILES string of the molecule is CC1=CC(O)CC2C13CCC(C(=O)OC3)C2(C)CCC1=CCOC1=O. The van der Waals surface area contributed by atoms with Crippen LogP contribution in [0, 0.1) is 22.7 Å². The Kier molecular flexibility index (Phi) is 3.83. The molecule has 0 amide bonds. The molecule has 5 heteroatoms. The smallest absolute Gasteiger partial charge is 0.334 e. The topological polar surface area (TPSA) is 72.8 Å². The predicted molar refractivity (Wildman–Crippen MR) is 90.4 cm³/mol. The van der Waals surface area contributed by atoms with Gasteiger partial charge in [-0.05, 0) is 56.4 Å². The van der Waals surface area contributed by atoms with Crippen molar-refractivity contribution >= 4 is 11.9 Å². The van der Waals surface area contributed by atoms with E-state index in [9.17, 15) is 14.7 Å². The Hall–Kier alpha value is -1.62. The van der Waals surface area contributed by atoms with Gasteiger partial charge in [0.2, 0.25) is 0 Å². The molecule has 136 valence electrons. The molecule has 5 rings (SSSR count). The van der Waals surface area contributed by atoms with Crippen LogP contribution in [-0.2, 0) is 19.1 Å². The largest absolute Gasteiger partial charge is 0.465 e. The average molecular weight is 346 g/mol. The standard InChI is InChI=1S/C20H26O5/c1-12-9-14(21)10-16-19(2,6-3-13-5-8-24-17(13)22)15-4-7-20(12,16)11-25-18(15)23/h5,9,14-16,21H,3-4,6-8,10-11H2,1-2H3. The lowest BCUT2D eigenvalue weighted by Crippen LogP contribution is -2.53. The molecular formula is C20H26O5. The van der Waals surface area contributed by atoms with Gasteiger partial charge in [0.05, 0.1) is 12.0 Å². The van der Waals surface area contributed by atoms with E-state index in [2.05, 4.69) is 13.8 Å². The number of rotatable bonds is 3. The summed E-state index contributed by atoms with van der Waals surface area (Å²) >= 11 is 0. The summed E-state index contributed by atoms with van der Waals surface area (Å²) in [5.74, 6) is -0.328. The normalized spacial score (nSPS) is 42.9. The molecule has 2 saturated heterocycles. The van der Waals surface area contributed by atoms with E-state index < -0.39 is 6.10 Å². The number of hydrogen-bond acceptors (Lipinski definition) is 5.